The first-order valence-corrected chi connectivity index (χ1v) is 6.00. The highest BCUT2D eigenvalue weighted by molar-refractivity contribution is 5.94. The zero-order valence-electron chi connectivity index (χ0n) is 11.4. The molecular formula is C16H18FNO. The number of hydrogen-bond donors (Lipinski definition) is 1. The maximum atomic E-state index is 12.3. The smallest absolute Gasteiger partial charge is 0.248 e. The number of hydrogen-bond acceptors (Lipinski definition) is 1. The lowest BCUT2D eigenvalue weighted by atomic mass is 10.1. The van der Waals surface area contributed by atoms with Gasteiger partial charge in [-0.2, -0.15) is 0 Å². The van der Waals surface area contributed by atoms with E-state index in [4.69, 9.17) is 5.73 Å². The van der Waals surface area contributed by atoms with Crippen molar-refractivity contribution in [1.29, 1.82) is 0 Å². The number of aryl methyl sites for hydroxylation is 3. The summed E-state index contributed by atoms with van der Waals surface area (Å²) < 4.78 is 12.3. The highest BCUT2D eigenvalue weighted by atomic mass is 19.1. The van der Waals surface area contributed by atoms with Gasteiger partial charge in [0.1, 0.15) is 5.82 Å². The van der Waals surface area contributed by atoms with E-state index in [0.29, 0.717) is 5.56 Å². The van der Waals surface area contributed by atoms with Crippen LogP contribution < -0.4 is 5.73 Å². The summed E-state index contributed by atoms with van der Waals surface area (Å²) in [4.78, 5) is 10.6. The molecule has 0 saturated carbocycles. The van der Waals surface area contributed by atoms with Crippen molar-refractivity contribution in [2.45, 2.75) is 20.8 Å². The van der Waals surface area contributed by atoms with Crippen LogP contribution in [0.15, 0.2) is 42.5 Å². The molecule has 0 heterocycles. The van der Waals surface area contributed by atoms with E-state index in [1.54, 1.807) is 18.2 Å². The molecule has 2 N–H and O–H groups in total. The third kappa shape index (κ3) is 4.54. The molecule has 19 heavy (non-hydrogen) atoms. The molecule has 2 nitrogen and oxygen atoms in total. The molecule has 0 aliphatic heterocycles. The molecule has 0 atom stereocenters. The van der Waals surface area contributed by atoms with Gasteiger partial charge < -0.3 is 5.73 Å². The van der Waals surface area contributed by atoms with E-state index >= 15 is 0 Å². The minimum Gasteiger partial charge on any atom is -0.366 e. The van der Waals surface area contributed by atoms with Gasteiger partial charge in [-0.25, -0.2) is 4.39 Å². The van der Waals surface area contributed by atoms with Gasteiger partial charge in [0.15, 0.2) is 0 Å². The van der Waals surface area contributed by atoms with E-state index in [0.717, 1.165) is 16.7 Å². The molecule has 2 rings (SSSR count). The van der Waals surface area contributed by atoms with Gasteiger partial charge in [0.2, 0.25) is 5.91 Å². The summed E-state index contributed by atoms with van der Waals surface area (Å²) in [6.45, 7) is 5.73. The molecule has 1 amide bonds. The molecule has 0 unspecified atom stereocenters. The van der Waals surface area contributed by atoms with Gasteiger partial charge in [0, 0.05) is 5.56 Å². The quantitative estimate of drug-likeness (QED) is 0.836. The second-order valence-corrected chi connectivity index (χ2v) is 4.41. The molecular weight excluding hydrogens is 241 g/mol. The summed E-state index contributed by atoms with van der Waals surface area (Å²) in [5.74, 6) is -0.517. The molecule has 0 bridgehead atoms. The van der Waals surface area contributed by atoms with Crippen molar-refractivity contribution in [3.63, 3.8) is 0 Å². The van der Waals surface area contributed by atoms with Gasteiger partial charge in [-0.3, -0.25) is 4.79 Å². The van der Waals surface area contributed by atoms with Crippen molar-refractivity contribution >= 4 is 5.91 Å². The van der Waals surface area contributed by atoms with E-state index in [9.17, 15) is 9.18 Å². The van der Waals surface area contributed by atoms with Gasteiger partial charge in [0.25, 0.3) is 0 Å². The highest BCUT2D eigenvalue weighted by Gasteiger charge is 2.00. The predicted molar refractivity (Wildman–Crippen MR) is 75.6 cm³/mol. The Kier molecular flexibility index (Phi) is 5.24. The first-order chi connectivity index (χ1) is 8.91. The summed E-state index contributed by atoms with van der Waals surface area (Å²) in [6.07, 6.45) is 0. The molecule has 2 aromatic rings. The number of carbonyl (C=O) groups is 1. The van der Waals surface area contributed by atoms with E-state index in [-0.39, 0.29) is 11.7 Å². The number of nitrogens with two attached hydrogens (primary N) is 1. The molecule has 0 spiro atoms. The Morgan fingerprint density at radius 1 is 0.947 bits per heavy atom. The Labute approximate surface area is 113 Å². The summed E-state index contributed by atoms with van der Waals surface area (Å²) in [7, 11) is 0. The van der Waals surface area contributed by atoms with E-state index < -0.39 is 0 Å². The van der Waals surface area contributed by atoms with Crippen molar-refractivity contribution < 1.29 is 9.18 Å². The van der Waals surface area contributed by atoms with Crippen LogP contribution in [0.3, 0.4) is 0 Å². The number of amides is 1. The maximum Gasteiger partial charge on any atom is 0.248 e. The van der Waals surface area contributed by atoms with Gasteiger partial charge >= 0.3 is 0 Å². The molecule has 2 aromatic carbocycles. The zero-order chi connectivity index (χ0) is 14.4. The molecule has 0 saturated heterocycles. The zero-order valence-corrected chi connectivity index (χ0v) is 11.4. The second kappa shape index (κ2) is 6.69. The standard InChI is InChI=1S/C8H9F.C8H9NO/c1-6-3-4-8(9)5-7(6)2;1-6-4-2-3-5-7(6)8(9)10/h3-5H,1-2H3;2-5H,1H3,(H2,9,10). The predicted octanol–water partition coefficient (Wildman–Crippen LogP) is 3.54. The van der Waals surface area contributed by atoms with Crippen LogP contribution >= 0.6 is 0 Å². The molecule has 3 heteroatoms. The number of halogens is 1. The fourth-order valence-corrected chi connectivity index (χ4v) is 1.55. The third-order valence-corrected chi connectivity index (χ3v) is 2.88. The molecule has 0 aliphatic rings. The molecule has 0 radical (unpaired) electrons. The minimum absolute atomic E-state index is 0.155. The number of benzene rings is 2. The Hall–Kier alpha value is -2.16. The van der Waals surface area contributed by atoms with Crippen molar-refractivity contribution in [3.8, 4) is 0 Å². The van der Waals surface area contributed by atoms with E-state index in [1.807, 2.05) is 32.9 Å². The van der Waals surface area contributed by atoms with Crippen LogP contribution in [0.5, 0.6) is 0 Å². The third-order valence-electron chi connectivity index (χ3n) is 2.88. The van der Waals surface area contributed by atoms with Crippen LogP contribution in [0.4, 0.5) is 4.39 Å². The monoisotopic (exact) mass is 259 g/mol. The lowest BCUT2D eigenvalue weighted by Gasteiger charge is -1.97. The average Bonchev–Trinajstić information content (AvgIpc) is 2.35. The molecule has 0 aliphatic carbocycles. The highest BCUT2D eigenvalue weighted by Crippen LogP contribution is 2.07. The van der Waals surface area contributed by atoms with Crippen LogP contribution in [0.2, 0.25) is 0 Å². The van der Waals surface area contributed by atoms with Gasteiger partial charge in [0.05, 0.1) is 0 Å². The van der Waals surface area contributed by atoms with E-state index in [2.05, 4.69) is 0 Å². The Bertz CT molecular complexity index is 579. The van der Waals surface area contributed by atoms with Gasteiger partial charge in [-0.1, -0.05) is 24.3 Å². The SMILES string of the molecule is Cc1ccc(F)cc1C.Cc1ccccc1C(N)=O. The Morgan fingerprint density at radius 3 is 2.00 bits per heavy atom. The number of carbonyl (C=O) groups excluding carboxylic acids is 1. The van der Waals surface area contributed by atoms with Gasteiger partial charge in [-0.05, 0) is 55.7 Å². The van der Waals surface area contributed by atoms with Crippen LogP contribution in [-0.4, -0.2) is 5.91 Å². The van der Waals surface area contributed by atoms with Crippen molar-refractivity contribution in [2.75, 3.05) is 0 Å². The number of rotatable bonds is 1. The molecule has 0 fully saturated rings. The Balaban J connectivity index is 0.000000191. The van der Waals surface area contributed by atoms with E-state index in [1.165, 1.54) is 12.1 Å². The number of primary amides is 1. The first-order valence-electron chi connectivity index (χ1n) is 6.00. The van der Waals surface area contributed by atoms with Crippen molar-refractivity contribution in [1.82, 2.24) is 0 Å². The van der Waals surface area contributed by atoms with Crippen LogP contribution in [0, 0.1) is 26.6 Å². The molecule has 100 valence electrons. The van der Waals surface area contributed by atoms with Gasteiger partial charge in [-0.15, -0.1) is 0 Å². The topological polar surface area (TPSA) is 43.1 Å². The summed E-state index contributed by atoms with van der Waals surface area (Å²) in [5, 5.41) is 0. The summed E-state index contributed by atoms with van der Waals surface area (Å²) in [6, 6.07) is 12.1. The van der Waals surface area contributed by atoms with Crippen molar-refractivity contribution in [2.24, 2.45) is 5.73 Å². The largest absolute Gasteiger partial charge is 0.366 e. The Morgan fingerprint density at radius 2 is 1.58 bits per heavy atom. The second-order valence-electron chi connectivity index (χ2n) is 4.41. The van der Waals surface area contributed by atoms with Crippen molar-refractivity contribution in [3.05, 3.63) is 70.5 Å². The summed E-state index contributed by atoms with van der Waals surface area (Å²) in [5.41, 5.74) is 8.75. The fraction of sp³-hybridized carbons (Fsp3) is 0.188. The first kappa shape index (κ1) is 14.9. The molecule has 0 aromatic heterocycles. The lowest BCUT2D eigenvalue weighted by Crippen LogP contribution is -2.12. The maximum absolute atomic E-state index is 12.3. The summed E-state index contributed by atoms with van der Waals surface area (Å²) >= 11 is 0. The minimum atomic E-state index is -0.363. The fourth-order valence-electron chi connectivity index (χ4n) is 1.55. The van der Waals surface area contributed by atoms with Crippen LogP contribution in [0.25, 0.3) is 0 Å². The normalized spacial score (nSPS) is 9.47. The van der Waals surface area contributed by atoms with Crippen LogP contribution in [-0.2, 0) is 0 Å². The average molecular weight is 259 g/mol. The lowest BCUT2D eigenvalue weighted by molar-refractivity contribution is 0.0999. The van der Waals surface area contributed by atoms with Crippen LogP contribution in [0.1, 0.15) is 27.0 Å².